The summed E-state index contributed by atoms with van der Waals surface area (Å²) in [6, 6.07) is 12.9. The molecule has 0 aliphatic heterocycles. The van der Waals surface area contributed by atoms with Crippen LogP contribution >= 0.6 is 0 Å². The molecule has 0 bridgehead atoms. The lowest BCUT2D eigenvalue weighted by Gasteiger charge is -2.13. The number of nitrogens with zero attached hydrogens (tertiary/aromatic N) is 2. The van der Waals surface area contributed by atoms with Crippen LogP contribution < -0.4 is 20.1 Å². The highest BCUT2D eigenvalue weighted by molar-refractivity contribution is 6.05. The summed E-state index contributed by atoms with van der Waals surface area (Å²) in [4.78, 5) is 27.7. The molecule has 10 nitrogen and oxygen atoms in total. The van der Waals surface area contributed by atoms with Crippen LogP contribution in [0.1, 0.15) is 15.9 Å². The first-order valence-electron chi connectivity index (χ1n) is 10.0. The monoisotopic (exact) mass is 452 g/mol. The summed E-state index contributed by atoms with van der Waals surface area (Å²) in [6.45, 7) is 1.06. The van der Waals surface area contributed by atoms with Gasteiger partial charge in [0.1, 0.15) is 12.3 Å². The van der Waals surface area contributed by atoms with Gasteiger partial charge in [0, 0.05) is 55.0 Å². The minimum Gasteiger partial charge on any atom is -0.493 e. The first-order chi connectivity index (χ1) is 16.0. The van der Waals surface area contributed by atoms with Gasteiger partial charge in [0.2, 0.25) is 0 Å². The number of nitro groups is 1. The van der Waals surface area contributed by atoms with E-state index >= 15 is 0 Å². The Kier molecular flexibility index (Phi) is 8.14. The summed E-state index contributed by atoms with van der Waals surface area (Å²) in [7, 11) is 3.06. The van der Waals surface area contributed by atoms with Crippen molar-refractivity contribution >= 4 is 23.0 Å². The molecule has 1 heterocycles. The summed E-state index contributed by atoms with van der Waals surface area (Å²) in [6.07, 6.45) is 3.37. The largest absolute Gasteiger partial charge is 0.493 e. The topological polar surface area (TPSA) is 125 Å². The number of carbonyl (C=O) groups excluding carboxylic acids is 1. The second-order valence-corrected chi connectivity index (χ2v) is 6.88. The van der Waals surface area contributed by atoms with Crippen LogP contribution in [0.2, 0.25) is 0 Å². The molecule has 0 atom stereocenters. The van der Waals surface area contributed by atoms with E-state index in [4.69, 9.17) is 14.2 Å². The van der Waals surface area contributed by atoms with Crippen LogP contribution in [0, 0.1) is 10.1 Å². The van der Waals surface area contributed by atoms with E-state index in [0.29, 0.717) is 36.0 Å². The van der Waals surface area contributed by atoms with Crippen molar-refractivity contribution in [1.29, 1.82) is 0 Å². The summed E-state index contributed by atoms with van der Waals surface area (Å²) in [5, 5.41) is 17.1. The molecule has 10 heteroatoms. The zero-order chi connectivity index (χ0) is 23.6. The number of nitrogens with one attached hydrogen (secondary N) is 2. The van der Waals surface area contributed by atoms with Crippen molar-refractivity contribution < 1.29 is 23.9 Å². The molecule has 3 rings (SSSR count). The molecule has 33 heavy (non-hydrogen) atoms. The molecule has 3 aromatic rings. The van der Waals surface area contributed by atoms with Gasteiger partial charge in [-0.25, -0.2) is 0 Å². The number of methoxy groups -OCH3 is 2. The molecule has 2 N–H and O–H groups in total. The number of anilines is 2. The fourth-order valence-electron chi connectivity index (χ4n) is 2.98. The number of rotatable bonds is 11. The van der Waals surface area contributed by atoms with E-state index < -0.39 is 10.8 Å². The van der Waals surface area contributed by atoms with E-state index in [1.807, 2.05) is 12.1 Å². The van der Waals surface area contributed by atoms with Gasteiger partial charge in [-0.05, 0) is 30.3 Å². The Morgan fingerprint density at radius 2 is 1.97 bits per heavy atom. The molecule has 0 saturated carbocycles. The summed E-state index contributed by atoms with van der Waals surface area (Å²) in [5.74, 6) is 0.437. The summed E-state index contributed by atoms with van der Waals surface area (Å²) < 4.78 is 16.1. The molecule has 172 valence electrons. The molecule has 0 aliphatic rings. The first-order valence-corrected chi connectivity index (χ1v) is 10.0. The van der Waals surface area contributed by atoms with Crippen molar-refractivity contribution in [3.05, 3.63) is 82.2 Å². The summed E-state index contributed by atoms with van der Waals surface area (Å²) in [5.41, 5.74) is 1.58. The standard InChI is InChI=1S/C23H24N4O6/c1-31-11-10-25-19-7-5-17(12-20(19)27(29)30)23(28)26-18-6-8-21(32-2)22(13-18)33-15-16-4-3-9-24-14-16/h3-9,12-14,25H,10-11,15H2,1-2H3,(H,26,28). The van der Waals surface area contributed by atoms with Crippen LogP contribution in [0.4, 0.5) is 17.1 Å². The molecule has 1 amide bonds. The van der Waals surface area contributed by atoms with Crippen LogP contribution in [-0.2, 0) is 11.3 Å². The number of amides is 1. The van der Waals surface area contributed by atoms with Gasteiger partial charge < -0.3 is 24.8 Å². The Hall–Kier alpha value is -4.18. The van der Waals surface area contributed by atoms with Crippen LogP contribution in [0.3, 0.4) is 0 Å². The third-order valence-electron chi connectivity index (χ3n) is 4.62. The van der Waals surface area contributed by atoms with E-state index in [1.54, 1.807) is 30.6 Å². The Labute approximate surface area is 190 Å². The number of aromatic nitrogens is 1. The first kappa shape index (κ1) is 23.5. The van der Waals surface area contributed by atoms with E-state index in [9.17, 15) is 14.9 Å². The number of hydrogen-bond acceptors (Lipinski definition) is 8. The van der Waals surface area contributed by atoms with Crippen molar-refractivity contribution in [3.8, 4) is 11.5 Å². The van der Waals surface area contributed by atoms with Gasteiger partial charge in [0.25, 0.3) is 11.6 Å². The van der Waals surface area contributed by atoms with E-state index in [1.165, 1.54) is 32.4 Å². The van der Waals surface area contributed by atoms with Crippen molar-refractivity contribution in [2.24, 2.45) is 0 Å². The second kappa shape index (κ2) is 11.4. The van der Waals surface area contributed by atoms with Crippen LogP contribution in [0.15, 0.2) is 60.9 Å². The highest BCUT2D eigenvalue weighted by Gasteiger charge is 2.18. The van der Waals surface area contributed by atoms with Crippen LogP contribution in [0.5, 0.6) is 11.5 Å². The molecule has 0 radical (unpaired) electrons. The maximum Gasteiger partial charge on any atom is 0.293 e. The van der Waals surface area contributed by atoms with Crippen LogP contribution in [0.25, 0.3) is 0 Å². The molecular weight excluding hydrogens is 428 g/mol. The van der Waals surface area contributed by atoms with Gasteiger partial charge in [-0.1, -0.05) is 6.07 Å². The highest BCUT2D eigenvalue weighted by atomic mass is 16.6. The number of carbonyl (C=O) groups is 1. The van der Waals surface area contributed by atoms with Crippen LogP contribution in [-0.4, -0.2) is 43.2 Å². The van der Waals surface area contributed by atoms with Crippen molar-refractivity contribution in [1.82, 2.24) is 4.98 Å². The zero-order valence-electron chi connectivity index (χ0n) is 18.2. The van der Waals surface area contributed by atoms with E-state index in [-0.39, 0.29) is 17.9 Å². The van der Waals surface area contributed by atoms with Gasteiger partial charge in [-0.3, -0.25) is 19.9 Å². The molecule has 0 saturated heterocycles. The molecule has 0 fully saturated rings. The van der Waals surface area contributed by atoms with Crippen molar-refractivity contribution in [2.75, 3.05) is 38.0 Å². The lowest BCUT2D eigenvalue weighted by atomic mass is 10.1. The Morgan fingerprint density at radius 1 is 1.12 bits per heavy atom. The molecular formula is C23H24N4O6. The van der Waals surface area contributed by atoms with Gasteiger partial charge >= 0.3 is 0 Å². The Morgan fingerprint density at radius 3 is 2.67 bits per heavy atom. The van der Waals surface area contributed by atoms with E-state index in [2.05, 4.69) is 15.6 Å². The maximum absolute atomic E-state index is 12.8. The van der Waals surface area contributed by atoms with Gasteiger partial charge in [0.15, 0.2) is 11.5 Å². The third-order valence-corrected chi connectivity index (χ3v) is 4.62. The lowest BCUT2D eigenvalue weighted by Crippen LogP contribution is -2.14. The number of benzene rings is 2. The highest BCUT2D eigenvalue weighted by Crippen LogP contribution is 2.31. The average Bonchev–Trinajstić information content (AvgIpc) is 2.83. The average molecular weight is 452 g/mol. The quantitative estimate of drug-likeness (QED) is 0.255. The number of nitro benzene ring substituents is 1. The molecule has 0 spiro atoms. The van der Waals surface area contributed by atoms with Gasteiger partial charge in [-0.15, -0.1) is 0 Å². The normalized spacial score (nSPS) is 10.4. The zero-order valence-corrected chi connectivity index (χ0v) is 18.2. The molecule has 2 aromatic carbocycles. The van der Waals surface area contributed by atoms with Crippen molar-refractivity contribution in [2.45, 2.75) is 6.61 Å². The molecule has 0 aliphatic carbocycles. The van der Waals surface area contributed by atoms with Gasteiger partial charge in [-0.2, -0.15) is 0 Å². The number of hydrogen-bond donors (Lipinski definition) is 2. The Bertz CT molecular complexity index is 1110. The lowest BCUT2D eigenvalue weighted by molar-refractivity contribution is -0.384. The predicted molar refractivity (Wildman–Crippen MR) is 123 cm³/mol. The third kappa shape index (κ3) is 6.40. The fraction of sp³-hybridized carbons (Fsp3) is 0.217. The second-order valence-electron chi connectivity index (χ2n) is 6.88. The van der Waals surface area contributed by atoms with E-state index in [0.717, 1.165) is 5.56 Å². The molecule has 0 unspecified atom stereocenters. The molecule has 1 aromatic heterocycles. The summed E-state index contributed by atoms with van der Waals surface area (Å²) >= 11 is 0. The SMILES string of the molecule is COCCNc1ccc(C(=O)Nc2ccc(OC)c(OCc3cccnc3)c2)cc1[N+](=O)[O-]. The fourth-order valence-corrected chi connectivity index (χ4v) is 2.98. The minimum absolute atomic E-state index is 0.146. The Balaban J connectivity index is 1.75. The minimum atomic E-state index is -0.538. The number of pyridine rings is 1. The van der Waals surface area contributed by atoms with Crippen molar-refractivity contribution in [3.63, 3.8) is 0 Å². The van der Waals surface area contributed by atoms with Gasteiger partial charge in [0.05, 0.1) is 18.6 Å². The number of ether oxygens (including phenoxy) is 3. The maximum atomic E-state index is 12.8. The smallest absolute Gasteiger partial charge is 0.293 e. The predicted octanol–water partition coefficient (Wildman–Crippen LogP) is 3.89.